The molecule has 0 radical (unpaired) electrons. The molecule has 1 amide bonds. The molecule has 5 heteroatoms. The van der Waals surface area contributed by atoms with Gasteiger partial charge in [-0.15, -0.1) is 0 Å². The van der Waals surface area contributed by atoms with Crippen molar-refractivity contribution in [1.29, 1.82) is 0 Å². The van der Waals surface area contributed by atoms with Crippen LogP contribution in [-0.2, 0) is 9.47 Å². The molecule has 0 aliphatic carbocycles. The summed E-state index contributed by atoms with van der Waals surface area (Å²) < 4.78 is 10.1. The number of allylic oxidation sites excluding steroid dienone is 1. The van der Waals surface area contributed by atoms with Gasteiger partial charge in [0.2, 0.25) is 0 Å². The average Bonchev–Trinajstić information content (AvgIpc) is 2.58. The minimum atomic E-state index is -0.454. The second kappa shape index (κ2) is 8.19. The minimum Gasteiger partial charge on any atom is -0.465 e. The Bertz CT molecular complexity index is 620. The summed E-state index contributed by atoms with van der Waals surface area (Å²) in [5.74, 6) is 0.115. The molecule has 0 bridgehead atoms. The van der Waals surface area contributed by atoms with Gasteiger partial charge in [-0.1, -0.05) is 24.3 Å². The number of nitrogens with zero attached hydrogens (tertiary/aromatic N) is 1. The number of carbonyl (C=O) groups excluding carboxylic acids is 2. The van der Waals surface area contributed by atoms with Gasteiger partial charge in [0.1, 0.15) is 5.60 Å². The molecular weight excluding hydrogens is 318 g/mol. The van der Waals surface area contributed by atoms with Crippen LogP contribution >= 0.6 is 0 Å². The van der Waals surface area contributed by atoms with Crippen LogP contribution in [0.5, 0.6) is 0 Å². The monoisotopic (exact) mass is 345 g/mol. The van der Waals surface area contributed by atoms with Crippen LogP contribution in [-0.4, -0.2) is 42.8 Å². The van der Waals surface area contributed by atoms with E-state index in [9.17, 15) is 9.59 Å². The van der Waals surface area contributed by atoms with E-state index < -0.39 is 5.60 Å². The summed E-state index contributed by atoms with van der Waals surface area (Å²) in [6.45, 7) is 7.07. The number of esters is 1. The normalized spacial score (nSPS) is 16.1. The molecule has 0 saturated carbocycles. The van der Waals surface area contributed by atoms with Crippen molar-refractivity contribution in [1.82, 2.24) is 4.90 Å². The van der Waals surface area contributed by atoms with E-state index in [2.05, 4.69) is 12.2 Å². The van der Waals surface area contributed by atoms with E-state index >= 15 is 0 Å². The average molecular weight is 345 g/mol. The Morgan fingerprint density at radius 3 is 2.24 bits per heavy atom. The van der Waals surface area contributed by atoms with Crippen LogP contribution in [0.2, 0.25) is 0 Å². The van der Waals surface area contributed by atoms with Crippen molar-refractivity contribution in [3.8, 4) is 0 Å². The fraction of sp³-hybridized carbons (Fsp3) is 0.500. The highest BCUT2D eigenvalue weighted by molar-refractivity contribution is 5.89. The van der Waals surface area contributed by atoms with Crippen molar-refractivity contribution < 1.29 is 19.1 Å². The Kier molecular flexibility index (Phi) is 6.23. The Balaban J connectivity index is 1.84. The number of benzene rings is 1. The molecule has 5 nitrogen and oxygen atoms in total. The number of carbonyl (C=O) groups is 2. The Morgan fingerprint density at radius 1 is 1.12 bits per heavy atom. The fourth-order valence-electron chi connectivity index (χ4n) is 2.70. The lowest BCUT2D eigenvalue weighted by Crippen LogP contribution is -2.41. The third-order valence-corrected chi connectivity index (χ3v) is 4.08. The molecular formula is C20H27NO4. The lowest BCUT2D eigenvalue weighted by Gasteiger charge is -2.32. The van der Waals surface area contributed by atoms with Crippen LogP contribution in [0.1, 0.15) is 49.5 Å². The van der Waals surface area contributed by atoms with Crippen LogP contribution in [0.4, 0.5) is 4.79 Å². The molecule has 0 N–H and O–H groups in total. The van der Waals surface area contributed by atoms with Gasteiger partial charge in [0, 0.05) is 13.1 Å². The molecule has 1 fully saturated rings. The highest BCUT2D eigenvalue weighted by Gasteiger charge is 2.25. The smallest absolute Gasteiger partial charge is 0.410 e. The summed E-state index contributed by atoms with van der Waals surface area (Å²) in [7, 11) is 1.37. The van der Waals surface area contributed by atoms with Gasteiger partial charge in [0.15, 0.2) is 0 Å². The molecule has 0 spiro atoms. The third kappa shape index (κ3) is 5.93. The fourth-order valence-corrected chi connectivity index (χ4v) is 2.70. The van der Waals surface area contributed by atoms with Crippen molar-refractivity contribution in [3.05, 3.63) is 41.5 Å². The third-order valence-electron chi connectivity index (χ3n) is 4.08. The zero-order valence-electron chi connectivity index (χ0n) is 15.5. The first-order valence-corrected chi connectivity index (χ1v) is 8.63. The van der Waals surface area contributed by atoms with Gasteiger partial charge in [-0.3, -0.25) is 0 Å². The molecule has 25 heavy (non-hydrogen) atoms. The van der Waals surface area contributed by atoms with E-state index in [0.29, 0.717) is 24.6 Å². The maximum absolute atomic E-state index is 12.1. The molecule has 1 aliphatic rings. The van der Waals surface area contributed by atoms with Gasteiger partial charge in [-0.05, 0) is 57.2 Å². The van der Waals surface area contributed by atoms with E-state index in [4.69, 9.17) is 9.47 Å². The second-order valence-electron chi connectivity index (χ2n) is 7.28. The van der Waals surface area contributed by atoms with Gasteiger partial charge >= 0.3 is 12.1 Å². The number of methoxy groups -OCH3 is 1. The van der Waals surface area contributed by atoms with Gasteiger partial charge in [0.05, 0.1) is 12.7 Å². The van der Waals surface area contributed by atoms with Gasteiger partial charge in [-0.2, -0.15) is 0 Å². The highest BCUT2D eigenvalue weighted by Crippen LogP contribution is 2.21. The Hall–Kier alpha value is -2.30. The topological polar surface area (TPSA) is 55.8 Å². The Labute approximate surface area is 149 Å². The summed E-state index contributed by atoms with van der Waals surface area (Å²) >= 11 is 0. The van der Waals surface area contributed by atoms with E-state index in [-0.39, 0.29) is 12.1 Å². The molecule has 0 unspecified atom stereocenters. The first-order valence-electron chi connectivity index (χ1n) is 8.63. The zero-order valence-corrected chi connectivity index (χ0v) is 15.5. The quantitative estimate of drug-likeness (QED) is 0.773. The summed E-state index contributed by atoms with van der Waals surface area (Å²) in [6.07, 6.45) is 5.87. The van der Waals surface area contributed by atoms with Gasteiger partial charge < -0.3 is 14.4 Å². The number of ether oxygens (including phenoxy) is 2. The molecule has 0 aromatic heterocycles. The van der Waals surface area contributed by atoms with E-state index in [1.165, 1.54) is 7.11 Å². The lowest BCUT2D eigenvalue weighted by atomic mass is 9.96. The van der Waals surface area contributed by atoms with Gasteiger partial charge in [-0.25, -0.2) is 9.59 Å². The predicted molar refractivity (Wildman–Crippen MR) is 97.3 cm³/mol. The van der Waals surface area contributed by atoms with Crippen molar-refractivity contribution in [2.75, 3.05) is 20.2 Å². The van der Waals surface area contributed by atoms with Crippen LogP contribution in [0.25, 0.3) is 6.08 Å². The number of hydrogen-bond acceptors (Lipinski definition) is 4. The lowest BCUT2D eigenvalue weighted by molar-refractivity contribution is 0.0197. The molecule has 1 aromatic rings. The van der Waals surface area contributed by atoms with Crippen molar-refractivity contribution in [3.63, 3.8) is 0 Å². The summed E-state index contributed by atoms with van der Waals surface area (Å²) in [5.41, 5.74) is 1.14. The van der Waals surface area contributed by atoms with E-state index in [0.717, 1.165) is 18.4 Å². The first-order chi connectivity index (χ1) is 11.8. The van der Waals surface area contributed by atoms with Gasteiger partial charge in [0.25, 0.3) is 0 Å². The van der Waals surface area contributed by atoms with Crippen LogP contribution < -0.4 is 0 Å². The summed E-state index contributed by atoms with van der Waals surface area (Å²) in [4.78, 5) is 25.3. The maximum atomic E-state index is 12.1. The van der Waals surface area contributed by atoms with Crippen LogP contribution in [0.15, 0.2) is 30.3 Å². The largest absolute Gasteiger partial charge is 0.465 e. The molecule has 136 valence electrons. The number of piperidine rings is 1. The second-order valence-corrected chi connectivity index (χ2v) is 7.28. The van der Waals surface area contributed by atoms with Crippen molar-refractivity contribution >= 4 is 18.1 Å². The van der Waals surface area contributed by atoms with Crippen LogP contribution in [0.3, 0.4) is 0 Å². The first kappa shape index (κ1) is 19.0. The SMILES string of the molecule is COC(=O)c1ccc(/C=C/C2CCN(C(=O)OC(C)(C)C)CC2)cc1. The highest BCUT2D eigenvalue weighted by atomic mass is 16.6. The van der Waals surface area contributed by atoms with Crippen LogP contribution in [0, 0.1) is 5.92 Å². The molecule has 1 heterocycles. The Morgan fingerprint density at radius 2 is 1.72 bits per heavy atom. The molecule has 1 aromatic carbocycles. The predicted octanol–water partition coefficient (Wildman–Crippen LogP) is 4.13. The van der Waals surface area contributed by atoms with Crippen molar-refractivity contribution in [2.24, 2.45) is 5.92 Å². The summed E-state index contributed by atoms with van der Waals surface area (Å²) in [6, 6.07) is 7.32. The summed E-state index contributed by atoms with van der Waals surface area (Å²) in [5, 5.41) is 0. The molecule has 2 rings (SSSR count). The maximum Gasteiger partial charge on any atom is 0.410 e. The number of amides is 1. The van der Waals surface area contributed by atoms with Crippen molar-refractivity contribution in [2.45, 2.75) is 39.2 Å². The molecule has 1 aliphatic heterocycles. The molecule has 1 saturated heterocycles. The minimum absolute atomic E-state index is 0.228. The van der Waals surface area contributed by atoms with E-state index in [1.54, 1.807) is 17.0 Å². The number of rotatable bonds is 3. The number of likely N-dealkylation sites (tertiary alicyclic amines) is 1. The number of hydrogen-bond donors (Lipinski definition) is 0. The standard InChI is InChI=1S/C20H27NO4/c1-20(2,3)25-19(23)21-13-11-16(12-14-21)6-5-15-7-9-17(10-8-15)18(22)24-4/h5-10,16H,11-14H2,1-4H3/b6-5+. The van der Waals surface area contributed by atoms with E-state index in [1.807, 2.05) is 32.9 Å². The zero-order chi connectivity index (χ0) is 18.4. The molecule has 0 atom stereocenters.